The van der Waals surface area contributed by atoms with E-state index < -0.39 is 0 Å². The van der Waals surface area contributed by atoms with Crippen molar-refractivity contribution in [3.05, 3.63) is 71.8 Å². The minimum absolute atomic E-state index is 0.142. The Bertz CT molecular complexity index is 495. The molecule has 0 bridgehead atoms. The number of benzene rings is 2. The summed E-state index contributed by atoms with van der Waals surface area (Å²) in [5.41, 5.74) is 1.89. The standard InChI is InChI=1S/C11H14O3.C7H8.C2H6/c12-8-4-5-9-14-11(13)10-6-2-1-3-7-10;1-7-5-3-2-4-6-7;1-2/h1-3,6-7,12H,4-5,8-9H2;2-6H,1H3;1-2H3. The molecule has 0 saturated heterocycles. The first-order chi connectivity index (χ1) is 11.2. The van der Waals surface area contributed by atoms with Crippen LogP contribution in [0, 0.1) is 6.92 Å². The zero-order valence-electron chi connectivity index (χ0n) is 14.4. The molecule has 2 aromatic carbocycles. The maximum atomic E-state index is 11.3. The lowest BCUT2D eigenvalue weighted by Gasteiger charge is -2.03. The first kappa shape index (κ1) is 20.9. The fourth-order valence-corrected chi connectivity index (χ4v) is 1.57. The molecule has 2 rings (SSSR count). The average molecular weight is 316 g/mol. The Hall–Kier alpha value is -2.13. The monoisotopic (exact) mass is 316 g/mol. The van der Waals surface area contributed by atoms with E-state index in [9.17, 15) is 4.79 Å². The van der Waals surface area contributed by atoms with Crippen molar-refractivity contribution >= 4 is 5.97 Å². The highest BCUT2D eigenvalue weighted by Crippen LogP contribution is 2.01. The summed E-state index contributed by atoms with van der Waals surface area (Å²) in [4.78, 5) is 11.3. The summed E-state index contributed by atoms with van der Waals surface area (Å²) in [7, 11) is 0. The van der Waals surface area contributed by atoms with Gasteiger partial charge in [-0.15, -0.1) is 0 Å². The summed E-state index contributed by atoms with van der Waals surface area (Å²) in [6.45, 7) is 6.59. The van der Waals surface area contributed by atoms with E-state index in [0.29, 0.717) is 25.0 Å². The van der Waals surface area contributed by atoms with Crippen LogP contribution in [0.2, 0.25) is 0 Å². The molecule has 0 radical (unpaired) electrons. The number of hydrogen-bond donors (Lipinski definition) is 1. The van der Waals surface area contributed by atoms with E-state index >= 15 is 0 Å². The number of esters is 1. The van der Waals surface area contributed by atoms with Gasteiger partial charge >= 0.3 is 5.97 Å². The Morgan fingerprint density at radius 3 is 1.87 bits per heavy atom. The van der Waals surface area contributed by atoms with Gasteiger partial charge in [0.15, 0.2) is 0 Å². The van der Waals surface area contributed by atoms with E-state index in [4.69, 9.17) is 9.84 Å². The van der Waals surface area contributed by atoms with E-state index in [-0.39, 0.29) is 12.6 Å². The third-order valence-corrected chi connectivity index (χ3v) is 2.74. The Morgan fingerprint density at radius 1 is 0.913 bits per heavy atom. The third-order valence-electron chi connectivity index (χ3n) is 2.74. The first-order valence-electron chi connectivity index (χ1n) is 8.08. The molecule has 0 atom stereocenters. The van der Waals surface area contributed by atoms with Crippen LogP contribution in [0.25, 0.3) is 0 Å². The van der Waals surface area contributed by atoms with Crippen molar-refractivity contribution in [1.82, 2.24) is 0 Å². The topological polar surface area (TPSA) is 46.5 Å². The molecule has 0 spiro atoms. The van der Waals surface area contributed by atoms with Crippen molar-refractivity contribution in [1.29, 1.82) is 0 Å². The lowest BCUT2D eigenvalue weighted by Crippen LogP contribution is -2.06. The second-order valence-electron chi connectivity index (χ2n) is 4.59. The summed E-state index contributed by atoms with van der Waals surface area (Å²) in [5, 5.41) is 8.51. The van der Waals surface area contributed by atoms with Crippen molar-refractivity contribution in [2.45, 2.75) is 33.6 Å². The molecular formula is C20H28O3. The van der Waals surface area contributed by atoms with Crippen molar-refractivity contribution in [2.24, 2.45) is 0 Å². The van der Waals surface area contributed by atoms with E-state index in [0.717, 1.165) is 0 Å². The predicted octanol–water partition coefficient (Wildman–Crippen LogP) is 4.64. The van der Waals surface area contributed by atoms with Crippen molar-refractivity contribution in [3.63, 3.8) is 0 Å². The number of hydrogen-bond acceptors (Lipinski definition) is 3. The second kappa shape index (κ2) is 14.8. The fraction of sp³-hybridized carbons (Fsp3) is 0.350. The van der Waals surface area contributed by atoms with Crippen LogP contribution in [0.15, 0.2) is 60.7 Å². The number of unbranched alkanes of at least 4 members (excludes halogenated alkanes) is 1. The molecule has 0 aliphatic carbocycles. The van der Waals surface area contributed by atoms with Crippen molar-refractivity contribution in [3.8, 4) is 0 Å². The van der Waals surface area contributed by atoms with Crippen LogP contribution in [-0.2, 0) is 4.74 Å². The summed E-state index contributed by atoms with van der Waals surface area (Å²) in [5.74, 6) is -0.302. The van der Waals surface area contributed by atoms with Crippen molar-refractivity contribution < 1.29 is 14.6 Å². The van der Waals surface area contributed by atoms with Crippen LogP contribution in [0.3, 0.4) is 0 Å². The Morgan fingerprint density at radius 2 is 1.43 bits per heavy atom. The van der Waals surface area contributed by atoms with Gasteiger partial charge < -0.3 is 9.84 Å². The highest BCUT2D eigenvalue weighted by atomic mass is 16.5. The molecule has 0 amide bonds. The zero-order valence-corrected chi connectivity index (χ0v) is 14.4. The van der Waals surface area contributed by atoms with Gasteiger partial charge in [-0.3, -0.25) is 0 Å². The van der Waals surface area contributed by atoms with Crippen LogP contribution in [0.5, 0.6) is 0 Å². The lowest BCUT2D eigenvalue weighted by atomic mass is 10.2. The minimum Gasteiger partial charge on any atom is -0.462 e. The van der Waals surface area contributed by atoms with Crippen LogP contribution >= 0.6 is 0 Å². The Balaban J connectivity index is 0.000000449. The molecule has 0 aliphatic rings. The van der Waals surface area contributed by atoms with Crippen LogP contribution in [0.4, 0.5) is 0 Å². The molecule has 0 aromatic heterocycles. The van der Waals surface area contributed by atoms with E-state index in [1.54, 1.807) is 24.3 Å². The van der Waals surface area contributed by atoms with Gasteiger partial charge in [0.1, 0.15) is 0 Å². The van der Waals surface area contributed by atoms with E-state index in [2.05, 4.69) is 19.1 Å². The predicted molar refractivity (Wildman–Crippen MR) is 95.6 cm³/mol. The quantitative estimate of drug-likeness (QED) is 0.646. The van der Waals surface area contributed by atoms with Crippen LogP contribution in [-0.4, -0.2) is 24.3 Å². The number of ether oxygens (including phenoxy) is 1. The molecule has 0 aliphatic heterocycles. The summed E-state index contributed by atoms with van der Waals surface area (Å²) in [6.07, 6.45) is 1.37. The second-order valence-corrected chi connectivity index (χ2v) is 4.59. The van der Waals surface area contributed by atoms with Gasteiger partial charge in [-0.05, 0) is 31.9 Å². The van der Waals surface area contributed by atoms with Crippen LogP contribution in [0.1, 0.15) is 42.6 Å². The fourth-order valence-electron chi connectivity index (χ4n) is 1.57. The molecular weight excluding hydrogens is 288 g/mol. The van der Waals surface area contributed by atoms with E-state index in [1.165, 1.54) is 5.56 Å². The van der Waals surface area contributed by atoms with E-state index in [1.807, 2.05) is 38.1 Å². The summed E-state index contributed by atoms with van der Waals surface area (Å²) in [6, 6.07) is 19.1. The highest BCUT2D eigenvalue weighted by Gasteiger charge is 2.04. The number of carbonyl (C=O) groups excluding carboxylic acids is 1. The molecule has 0 saturated carbocycles. The maximum Gasteiger partial charge on any atom is 0.338 e. The van der Waals surface area contributed by atoms with Gasteiger partial charge in [-0.25, -0.2) is 4.79 Å². The van der Waals surface area contributed by atoms with Gasteiger partial charge in [0.25, 0.3) is 0 Å². The molecule has 0 fully saturated rings. The maximum absolute atomic E-state index is 11.3. The average Bonchev–Trinajstić information content (AvgIpc) is 2.62. The molecule has 1 N–H and O–H groups in total. The van der Waals surface area contributed by atoms with Gasteiger partial charge in [-0.1, -0.05) is 67.9 Å². The summed E-state index contributed by atoms with van der Waals surface area (Å²) < 4.78 is 4.98. The SMILES string of the molecule is CC.Cc1ccccc1.O=C(OCCCCO)c1ccccc1. The molecule has 126 valence electrons. The van der Waals surface area contributed by atoms with Gasteiger partial charge in [0, 0.05) is 6.61 Å². The molecule has 3 nitrogen and oxygen atoms in total. The summed E-state index contributed by atoms with van der Waals surface area (Å²) >= 11 is 0. The van der Waals surface area contributed by atoms with Crippen molar-refractivity contribution in [2.75, 3.05) is 13.2 Å². The number of rotatable bonds is 5. The number of aliphatic hydroxyl groups excluding tert-OH is 1. The number of carbonyl (C=O) groups is 1. The lowest BCUT2D eigenvalue weighted by molar-refractivity contribution is 0.0492. The Labute approximate surface area is 139 Å². The van der Waals surface area contributed by atoms with Gasteiger partial charge in [-0.2, -0.15) is 0 Å². The first-order valence-corrected chi connectivity index (χ1v) is 8.08. The zero-order chi connectivity index (χ0) is 17.3. The Kier molecular flexibility index (Phi) is 13.4. The van der Waals surface area contributed by atoms with Gasteiger partial charge in [0.05, 0.1) is 12.2 Å². The smallest absolute Gasteiger partial charge is 0.338 e. The molecule has 2 aromatic rings. The number of aryl methyl sites for hydroxylation is 1. The third kappa shape index (κ3) is 11.1. The molecule has 0 unspecified atom stereocenters. The highest BCUT2D eigenvalue weighted by molar-refractivity contribution is 5.89. The largest absolute Gasteiger partial charge is 0.462 e. The number of aliphatic hydroxyl groups is 1. The van der Waals surface area contributed by atoms with Crippen LogP contribution < -0.4 is 0 Å². The van der Waals surface area contributed by atoms with Gasteiger partial charge in [0.2, 0.25) is 0 Å². The molecule has 3 heteroatoms. The molecule has 0 heterocycles. The molecule has 23 heavy (non-hydrogen) atoms. The normalized spacial score (nSPS) is 8.87. The minimum atomic E-state index is -0.302.